The first-order chi connectivity index (χ1) is 7.22. The van der Waals surface area contributed by atoms with Gasteiger partial charge in [-0.2, -0.15) is 5.26 Å². The lowest BCUT2D eigenvalue weighted by Gasteiger charge is -2.21. The van der Waals surface area contributed by atoms with Crippen molar-refractivity contribution in [2.75, 3.05) is 0 Å². The first-order valence-electron chi connectivity index (χ1n) is 5.21. The quantitative estimate of drug-likeness (QED) is 0.807. The van der Waals surface area contributed by atoms with Crippen LogP contribution in [-0.4, -0.2) is 4.98 Å². The maximum absolute atomic E-state index is 8.87. The monoisotopic (exact) mass is 286 g/mol. The van der Waals surface area contributed by atoms with Gasteiger partial charge in [0.15, 0.2) is 3.92 Å². The maximum atomic E-state index is 8.87. The molecule has 0 bridgehead atoms. The average molecular weight is 287 g/mol. The predicted octanol–water partition coefficient (Wildman–Crippen LogP) is 4.34. The predicted molar refractivity (Wildman–Crippen MR) is 66.9 cm³/mol. The molecule has 0 radical (unpaired) electrons. The molecule has 0 spiro atoms. The van der Waals surface area contributed by atoms with E-state index in [2.05, 4.69) is 40.8 Å². The third-order valence-electron chi connectivity index (χ3n) is 2.79. The summed E-state index contributed by atoms with van der Waals surface area (Å²) in [6.45, 7) is 4.38. The molecule has 0 aliphatic heterocycles. The van der Waals surface area contributed by atoms with E-state index in [1.165, 1.54) is 4.88 Å². The van der Waals surface area contributed by atoms with Gasteiger partial charge in [0.25, 0.3) is 0 Å². The molecule has 0 N–H and O–H groups in total. The molecule has 0 aliphatic rings. The Hall–Kier alpha value is -0.400. The minimum Gasteiger partial charge on any atom is -0.237 e. The highest BCUT2D eigenvalue weighted by atomic mass is 79.9. The van der Waals surface area contributed by atoms with Crippen molar-refractivity contribution in [3.8, 4) is 6.07 Å². The van der Waals surface area contributed by atoms with Crippen LogP contribution in [0.5, 0.6) is 0 Å². The van der Waals surface area contributed by atoms with Gasteiger partial charge in [-0.1, -0.05) is 26.7 Å². The van der Waals surface area contributed by atoms with Gasteiger partial charge in [0.2, 0.25) is 0 Å². The van der Waals surface area contributed by atoms with Crippen molar-refractivity contribution in [2.45, 2.75) is 39.0 Å². The van der Waals surface area contributed by atoms with Gasteiger partial charge in [-0.05, 0) is 21.8 Å². The Labute approximate surface area is 103 Å². The van der Waals surface area contributed by atoms with Crippen LogP contribution in [0.1, 0.15) is 43.9 Å². The summed E-state index contributed by atoms with van der Waals surface area (Å²) < 4.78 is 0.909. The minimum atomic E-state index is 0.355. The van der Waals surface area contributed by atoms with E-state index < -0.39 is 0 Å². The van der Waals surface area contributed by atoms with Gasteiger partial charge >= 0.3 is 0 Å². The van der Waals surface area contributed by atoms with Crippen molar-refractivity contribution >= 4 is 27.3 Å². The number of nitrogens with zero attached hydrogens (tertiary/aromatic N) is 2. The summed E-state index contributed by atoms with van der Waals surface area (Å²) in [4.78, 5) is 5.43. The molecule has 1 aromatic rings. The summed E-state index contributed by atoms with van der Waals surface area (Å²) in [5.74, 6) is 0.950. The number of hydrogen-bond acceptors (Lipinski definition) is 3. The van der Waals surface area contributed by atoms with Gasteiger partial charge in [0.1, 0.15) is 0 Å². The van der Waals surface area contributed by atoms with Crippen molar-refractivity contribution in [1.82, 2.24) is 4.98 Å². The van der Waals surface area contributed by atoms with Crippen LogP contribution in [0.2, 0.25) is 0 Å². The molecular weight excluding hydrogens is 272 g/mol. The molecule has 15 heavy (non-hydrogen) atoms. The second kappa shape index (κ2) is 6.24. The van der Waals surface area contributed by atoms with E-state index in [9.17, 15) is 0 Å². The molecule has 0 aromatic carbocycles. The number of nitriles is 1. The molecule has 1 aromatic heterocycles. The van der Waals surface area contributed by atoms with Crippen molar-refractivity contribution in [2.24, 2.45) is 5.92 Å². The Morgan fingerprint density at radius 2 is 2.20 bits per heavy atom. The smallest absolute Gasteiger partial charge is 0.159 e. The zero-order valence-electron chi connectivity index (χ0n) is 9.03. The fourth-order valence-corrected chi connectivity index (χ4v) is 3.39. The third-order valence-corrected chi connectivity index (χ3v) is 4.40. The van der Waals surface area contributed by atoms with E-state index in [4.69, 9.17) is 5.26 Å². The van der Waals surface area contributed by atoms with Crippen molar-refractivity contribution in [3.63, 3.8) is 0 Å². The Morgan fingerprint density at radius 1 is 1.53 bits per heavy atom. The molecule has 0 aliphatic carbocycles. The molecule has 2 nitrogen and oxygen atoms in total. The Bertz CT molecular complexity index is 339. The van der Waals surface area contributed by atoms with E-state index in [-0.39, 0.29) is 0 Å². The second-order valence-electron chi connectivity index (χ2n) is 3.56. The fourth-order valence-electron chi connectivity index (χ4n) is 1.89. The average Bonchev–Trinajstić information content (AvgIpc) is 2.65. The van der Waals surface area contributed by atoms with Gasteiger partial charge in [-0.15, -0.1) is 11.3 Å². The highest BCUT2D eigenvalue weighted by Crippen LogP contribution is 2.36. The SMILES string of the molecule is CCC(CC)C(CC#N)c1cnc(Br)s1. The molecule has 82 valence electrons. The highest BCUT2D eigenvalue weighted by Gasteiger charge is 2.22. The van der Waals surface area contributed by atoms with Gasteiger partial charge in [-0.25, -0.2) is 4.98 Å². The Balaban J connectivity index is 2.87. The molecule has 1 atom stereocenters. The van der Waals surface area contributed by atoms with Crippen LogP contribution in [0.3, 0.4) is 0 Å². The first kappa shape index (κ1) is 12.7. The maximum Gasteiger partial charge on any atom is 0.159 e. The topological polar surface area (TPSA) is 36.7 Å². The molecule has 0 saturated heterocycles. The van der Waals surface area contributed by atoms with E-state index in [0.717, 1.165) is 16.8 Å². The molecule has 1 unspecified atom stereocenters. The van der Waals surface area contributed by atoms with E-state index in [1.54, 1.807) is 11.3 Å². The molecule has 0 saturated carbocycles. The van der Waals surface area contributed by atoms with E-state index >= 15 is 0 Å². The minimum absolute atomic E-state index is 0.355. The summed E-state index contributed by atoms with van der Waals surface area (Å²) >= 11 is 5.02. The third kappa shape index (κ3) is 3.29. The van der Waals surface area contributed by atoms with Crippen LogP contribution >= 0.6 is 27.3 Å². The van der Waals surface area contributed by atoms with Crippen LogP contribution < -0.4 is 0 Å². The lowest BCUT2D eigenvalue weighted by molar-refractivity contribution is 0.405. The normalized spacial score (nSPS) is 12.7. The Kier molecular flexibility index (Phi) is 5.27. The van der Waals surface area contributed by atoms with Gasteiger partial charge in [0, 0.05) is 23.4 Å². The van der Waals surface area contributed by atoms with Gasteiger partial charge < -0.3 is 0 Å². The number of thiazole rings is 1. The Morgan fingerprint density at radius 3 is 2.60 bits per heavy atom. The second-order valence-corrected chi connectivity index (χ2v) is 5.90. The van der Waals surface area contributed by atoms with E-state index in [0.29, 0.717) is 18.3 Å². The lowest BCUT2D eigenvalue weighted by Crippen LogP contribution is -2.09. The zero-order valence-corrected chi connectivity index (χ0v) is 11.4. The number of aromatic nitrogens is 1. The number of rotatable bonds is 5. The van der Waals surface area contributed by atoms with Crippen molar-refractivity contribution in [3.05, 3.63) is 15.0 Å². The molecule has 0 fully saturated rings. The van der Waals surface area contributed by atoms with Crippen LogP contribution in [0, 0.1) is 17.2 Å². The highest BCUT2D eigenvalue weighted by molar-refractivity contribution is 9.11. The summed E-state index contributed by atoms with van der Waals surface area (Å²) in [5, 5.41) is 8.87. The van der Waals surface area contributed by atoms with E-state index in [1.807, 2.05) is 6.20 Å². The summed E-state index contributed by atoms with van der Waals surface area (Å²) in [7, 11) is 0. The van der Waals surface area contributed by atoms with Crippen LogP contribution in [0.25, 0.3) is 0 Å². The fraction of sp³-hybridized carbons (Fsp3) is 0.636. The van der Waals surface area contributed by atoms with Gasteiger partial charge in [-0.3, -0.25) is 0 Å². The molecule has 1 heterocycles. The lowest BCUT2D eigenvalue weighted by atomic mass is 9.85. The summed E-state index contributed by atoms with van der Waals surface area (Å²) in [5.41, 5.74) is 0. The van der Waals surface area contributed by atoms with Crippen LogP contribution in [0.15, 0.2) is 10.1 Å². The standard InChI is InChI=1S/C11H15BrN2S/c1-3-8(4-2)9(5-6-13)10-7-14-11(12)15-10/h7-9H,3-5H2,1-2H3. The molecule has 0 amide bonds. The van der Waals surface area contributed by atoms with Gasteiger partial charge in [0.05, 0.1) is 6.07 Å². The van der Waals surface area contributed by atoms with Crippen molar-refractivity contribution < 1.29 is 0 Å². The van der Waals surface area contributed by atoms with Crippen LogP contribution in [0.4, 0.5) is 0 Å². The number of hydrogen-bond donors (Lipinski definition) is 0. The molecule has 4 heteroatoms. The molecular formula is C11H15BrN2S. The van der Waals surface area contributed by atoms with Crippen LogP contribution in [-0.2, 0) is 0 Å². The summed E-state index contributed by atoms with van der Waals surface area (Å²) in [6.07, 6.45) is 4.74. The number of halogens is 1. The summed E-state index contributed by atoms with van der Waals surface area (Å²) in [6, 6.07) is 2.29. The first-order valence-corrected chi connectivity index (χ1v) is 6.82. The largest absolute Gasteiger partial charge is 0.237 e. The molecule has 1 rings (SSSR count). The van der Waals surface area contributed by atoms with Crippen molar-refractivity contribution in [1.29, 1.82) is 5.26 Å². The zero-order chi connectivity index (χ0) is 11.3.